The standard InChI is InChI=1S/C9H8O6S/c1-9(8(12)13)4-2-3-5(7(10)11)6(9)16(14)15/h2-4H,1H3,(H,10,11)(H,12,13). The summed E-state index contributed by atoms with van der Waals surface area (Å²) in [6, 6.07) is 0. The van der Waals surface area contributed by atoms with Gasteiger partial charge in [0.2, 0.25) is 10.3 Å². The molecule has 6 nitrogen and oxygen atoms in total. The molecule has 0 amide bonds. The van der Waals surface area contributed by atoms with Crippen LogP contribution in [0.4, 0.5) is 0 Å². The van der Waals surface area contributed by atoms with Gasteiger partial charge in [0, 0.05) is 0 Å². The summed E-state index contributed by atoms with van der Waals surface area (Å²) in [4.78, 5) is 21.1. The van der Waals surface area contributed by atoms with Crippen molar-refractivity contribution in [3.63, 3.8) is 0 Å². The number of carbonyl (C=O) groups is 2. The molecule has 0 fully saturated rings. The van der Waals surface area contributed by atoms with Gasteiger partial charge in [-0.15, -0.1) is 0 Å². The molecule has 0 heterocycles. The Bertz CT molecular complexity index is 543. The first kappa shape index (κ1) is 12.2. The summed E-state index contributed by atoms with van der Waals surface area (Å²) < 4.78 is 21.9. The summed E-state index contributed by atoms with van der Waals surface area (Å²) in [5.41, 5.74) is -2.37. The molecule has 1 aliphatic carbocycles. The van der Waals surface area contributed by atoms with E-state index in [0.29, 0.717) is 0 Å². The Morgan fingerprint density at radius 1 is 1.31 bits per heavy atom. The minimum atomic E-state index is -2.91. The second kappa shape index (κ2) is 3.93. The van der Waals surface area contributed by atoms with E-state index in [1.807, 2.05) is 0 Å². The second-order valence-electron chi connectivity index (χ2n) is 3.32. The van der Waals surface area contributed by atoms with Gasteiger partial charge >= 0.3 is 11.9 Å². The predicted molar refractivity (Wildman–Crippen MR) is 54.5 cm³/mol. The van der Waals surface area contributed by atoms with Crippen LogP contribution in [0.2, 0.25) is 0 Å². The minimum absolute atomic E-state index is 0.527. The third-order valence-electron chi connectivity index (χ3n) is 2.25. The molecule has 2 N–H and O–H groups in total. The Hall–Kier alpha value is -1.89. The molecule has 0 aromatic rings. The number of rotatable bonds is 2. The third kappa shape index (κ3) is 1.76. The SMILES string of the molecule is CC1(C(=O)O)C=CC=C(C(=O)O)C1=S(=O)=O. The molecular weight excluding hydrogens is 236 g/mol. The van der Waals surface area contributed by atoms with Gasteiger partial charge in [-0.2, -0.15) is 8.42 Å². The van der Waals surface area contributed by atoms with Gasteiger partial charge in [-0.05, 0) is 13.0 Å². The van der Waals surface area contributed by atoms with E-state index in [9.17, 15) is 18.0 Å². The minimum Gasteiger partial charge on any atom is -0.480 e. The molecule has 1 unspecified atom stereocenters. The summed E-state index contributed by atoms with van der Waals surface area (Å²) in [7, 11) is -2.91. The van der Waals surface area contributed by atoms with Gasteiger partial charge in [0.05, 0.1) is 5.57 Å². The van der Waals surface area contributed by atoms with Crippen molar-refractivity contribution in [3.05, 3.63) is 23.8 Å². The number of allylic oxidation sites excluding steroid dienone is 2. The number of carboxylic acid groups (broad SMARTS) is 2. The van der Waals surface area contributed by atoms with Crippen LogP contribution >= 0.6 is 0 Å². The zero-order valence-corrected chi connectivity index (χ0v) is 8.98. The number of hydrogen-bond acceptors (Lipinski definition) is 4. The molecule has 0 aliphatic heterocycles. The molecular formula is C9H8O6S. The molecule has 0 aromatic heterocycles. The van der Waals surface area contributed by atoms with Crippen molar-refractivity contribution >= 4 is 27.1 Å². The zero-order valence-electron chi connectivity index (χ0n) is 8.17. The lowest BCUT2D eigenvalue weighted by Gasteiger charge is -2.23. The predicted octanol–water partition coefficient (Wildman–Crippen LogP) is -0.290. The van der Waals surface area contributed by atoms with Gasteiger partial charge in [0.15, 0.2) is 0 Å². The molecule has 1 rings (SSSR count). The number of hydrogen-bond donors (Lipinski definition) is 2. The summed E-state index contributed by atoms with van der Waals surface area (Å²) >= 11 is 0. The maximum Gasteiger partial charge on any atom is 0.337 e. The highest BCUT2D eigenvalue weighted by atomic mass is 32.2. The van der Waals surface area contributed by atoms with Crippen LogP contribution in [0, 0.1) is 5.41 Å². The summed E-state index contributed by atoms with van der Waals surface area (Å²) in [6.07, 6.45) is 3.40. The van der Waals surface area contributed by atoms with Crippen LogP contribution in [0.15, 0.2) is 23.8 Å². The Morgan fingerprint density at radius 2 is 1.88 bits per heavy atom. The summed E-state index contributed by atoms with van der Waals surface area (Å²) in [5.74, 6) is -2.90. The highest BCUT2D eigenvalue weighted by Gasteiger charge is 2.42. The fourth-order valence-electron chi connectivity index (χ4n) is 1.37. The zero-order chi connectivity index (χ0) is 12.5. The van der Waals surface area contributed by atoms with Gasteiger partial charge in [-0.1, -0.05) is 12.2 Å². The first-order valence-electron chi connectivity index (χ1n) is 4.14. The Balaban J connectivity index is 3.60. The first-order chi connectivity index (χ1) is 7.30. The van der Waals surface area contributed by atoms with Crippen LogP contribution < -0.4 is 0 Å². The maximum atomic E-state index is 11.0. The molecule has 1 atom stereocenters. The molecule has 1 aliphatic rings. The lowest BCUT2D eigenvalue weighted by atomic mass is 9.80. The van der Waals surface area contributed by atoms with Crippen molar-refractivity contribution < 1.29 is 28.2 Å². The molecule has 0 aromatic carbocycles. The molecule has 0 radical (unpaired) electrons. The van der Waals surface area contributed by atoms with Crippen LogP contribution in [0.3, 0.4) is 0 Å². The van der Waals surface area contributed by atoms with Gasteiger partial charge in [-0.3, -0.25) is 4.79 Å². The first-order valence-corrected chi connectivity index (χ1v) is 5.21. The second-order valence-corrected chi connectivity index (χ2v) is 4.19. The van der Waals surface area contributed by atoms with Gasteiger partial charge in [-0.25, -0.2) is 4.79 Å². The summed E-state index contributed by atoms with van der Waals surface area (Å²) in [6.45, 7) is 1.13. The molecule has 0 saturated heterocycles. The van der Waals surface area contributed by atoms with Crippen LogP contribution in [0.25, 0.3) is 0 Å². The Labute approximate surface area is 92.0 Å². The average molecular weight is 244 g/mol. The monoisotopic (exact) mass is 244 g/mol. The lowest BCUT2D eigenvalue weighted by Crippen LogP contribution is -2.39. The van der Waals surface area contributed by atoms with Crippen LogP contribution in [-0.2, 0) is 19.9 Å². The average Bonchev–Trinajstić information content (AvgIpc) is 2.16. The van der Waals surface area contributed by atoms with E-state index in [1.165, 1.54) is 6.08 Å². The Kier molecular flexibility index (Phi) is 2.99. The van der Waals surface area contributed by atoms with E-state index in [4.69, 9.17) is 10.2 Å². The van der Waals surface area contributed by atoms with Crippen molar-refractivity contribution in [2.75, 3.05) is 0 Å². The molecule has 16 heavy (non-hydrogen) atoms. The number of carboxylic acids is 2. The van der Waals surface area contributed by atoms with Crippen LogP contribution in [-0.4, -0.2) is 35.4 Å². The van der Waals surface area contributed by atoms with E-state index >= 15 is 0 Å². The largest absolute Gasteiger partial charge is 0.480 e. The smallest absolute Gasteiger partial charge is 0.337 e. The molecule has 7 heteroatoms. The highest BCUT2D eigenvalue weighted by Crippen LogP contribution is 2.28. The molecule has 0 spiro atoms. The van der Waals surface area contributed by atoms with Crippen molar-refractivity contribution in [2.24, 2.45) is 5.41 Å². The Morgan fingerprint density at radius 3 is 2.25 bits per heavy atom. The van der Waals surface area contributed by atoms with E-state index in [2.05, 4.69) is 0 Å². The van der Waals surface area contributed by atoms with Crippen molar-refractivity contribution in [2.45, 2.75) is 6.92 Å². The van der Waals surface area contributed by atoms with E-state index in [0.717, 1.165) is 19.1 Å². The topological polar surface area (TPSA) is 109 Å². The van der Waals surface area contributed by atoms with Crippen molar-refractivity contribution in [1.29, 1.82) is 0 Å². The maximum absolute atomic E-state index is 11.0. The molecule has 0 bridgehead atoms. The van der Waals surface area contributed by atoms with E-state index in [1.54, 1.807) is 0 Å². The van der Waals surface area contributed by atoms with Gasteiger partial charge in [0.25, 0.3) is 0 Å². The number of aliphatic carboxylic acids is 2. The van der Waals surface area contributed by atoms with Gasteiger partial charge in [0.1, 0.15) is 10.3 Å². The third-order valence-corrected chi connectivity index (χ3v) is 3.23. The summed E-state index contributed by atoms with van der Waals surface area (Å²) in [5, 5.41) is 17.7. The van der Waals surface area contributed by atoms with Crippen LogP contribution in [0.5, 0.6) is 0 Å². The molecule has 86 valence electrons. The van der Waals surface area contributed by atoms with Gasteiger partial charge < -0.3 is 10.2 Å². The molecule has 0 saturated carbocycles. The fraction of sp³-hybridized carbons (Fsp3) is 0.222. The fourth-order valence-corrected chi connectivity index (χ4v) is 2.20. The van der Waals surface area contributed by atoms with Crippen molar-refractivity contribution in [1.82, 2.24) is 0 Å². The van der Waals surface area contributed by atoms with E-state index in [-0.39, 0.29) is 0 Å². The quantitative estimate of drug-likeness (QED) is 0.646. The lowest BCUT2D eigenvalue weighted by molar-refractivity contribution is -0.141. The normalized spacial score (nSPS) is 23.8. The van der Waals surface area contributed by atoms with Crippen molar-refractivity contribution in [3.8, 4) is 0 Å². The van der Waals surface area contributed by atoms with E-state index < -0.39 is 38.1 Å². The van der Waals surface area contributed by atoms with Crippen LogP contribution in [0.1, 0.15) is 6.92 Å². The highest BCUT2D eigenvalue weighted by molar-refractivity contribution is 7.73.